The molecule has 0 atom stereocenters. The Morgan fingerprint density at radius 3 is 0.531 bits per heavy atom. The fourth-order valence-electron chi connectivity index (χ4n) is 11.2. The lowest BCUT2D eigenvalue weighted by atomic mass is 9.98. The quantitative estimate of drug-likeness (QED) is 0.135. The monoisotopic (exact) mass is 1240 g/mol. The molecule has 96 heavy (non-hydrogen) atoms. The second-order valence-electron chi connectivity index (χ2n) is 24.1. The Bertz CT molecular complexity index is 4610. The normalized spacial score (nSPS) is 10.2. The van der Waals surface area contributed by atoms with Gasteiger partial charge in [-0.3, -0.25) is 0 Å². The maximum absolute atomic E-state index is 2.22. The molecule has 0 nitrogen and oxygen atoms in total. The largest absolute Gasteiger partial charge is 0.0622 e. The van der Waals surface area contributed by atoms with Gasteiger partial charge in [-0.1, -0.05) is 428 Å². The van der Waals surface area contributed by atoms with Gasteiger partial charge in [0.2, 0.25) is 0 Å². The van der Waals surface area contributed by atoms with Crippen LogP contribution in [0.15, 0.2) is 400 Å². The lowest BCUT2D eigenvalue weighted by Crippen LogP contribution is -1.83. The molecule has 0 saturated carbocycles. The van der Waals surface area contributed by atoms with Crippen LogP contribution in [0.25, 0.3) is 100 Å². The van der Waals surface area contributed by atoms with Crippen LogP contribution in [0.1, 0.15) is 33.4 Å². The summed E-state index contributed by atoms with van der Waals surface area (Å²) in [5, 5.41) is 0. The average Bonchev–Trinajstić information content (AvgIpc) is 2.00. The molecule has 0 heteroatoms. The Hall–Kier alpha value is -11.7. The van der Waals surface area contributed by atoms with Gasteiger partial charge in [-0.25, -0.2) is 0 Å². The summed E-state index contributed by atoms with van der Waals surface area (Å²) in [5.41, 5.74) is 30.8. The van der Waals surface area contributed by atoms with Crippen molar-refractivity contribution in [1.29, 1.82) is 0 Å². The van der Waals surface area contributed by atoms with E-state index in [1.54, 1.807) is 0 Å². The second kappa shape index (κ2) is 35.4. The summed E-state index contributed by atoms with van der Waals surface area (Å²) in [6, 6.07) is 140. The summed E-state index contributed by atoms with van der Waals surface area (Å²) in [6.07, 6.45) is 0. The van der Waals surface area contributed by atoms with Crippen LogP contribution in [-0.4, -0.2) is 0 Å². The summed E-state index contributed by atoms with van der Waals surface area (Å²) in [5.74, 6) is 0. The third-order valence-corrected chi connectivity index (χ3v) is 16.6. The van der Waals surface area contributed by atoms with Crippen LogP contribution in [0, 0.1) is 41.5 Å². The van der Waals surface area contributed by atoms with E-state index in [0.717, 1.165) is 0 Å². The molecule has 0 saturated heterocycles. The summed E-state index contributed by atoms with van der Waals surface area (Å²) < 4.78 is 0. The van der Waals surface area contributed by atoms with Crippen LogP contribution in [0.3, 0.4) is 0 Å². The van der Waals surface area contributed by atoms with Crippen LogP contribution in [0.4, 0.5) is 0 Å². The maximum atomic E-state index is 2.22. The molecule has 0 aliphatic heterocycles. The Labute approximate surface area is 571 Å². The molecule has 0 heterocycles. The van der Waals surface area contributed by atoms with Crippen molar-refractivity contribution in [2.24, 2.45) is 0 Å². The summed E-state index contributed by atoms with van der Waals surface area (Å²) in [4.78, 5) is 0. The lowest BCUT2D eigenvalue weighted by Gasteiger charge is -2.07. The van der Waals surface area contributed by atoms with Crippen molar-refractivity contribution in [3.8, 4) is 100 Å². The topological polar surface area (TPSA) is 0 Å². The maximum Gasteiger partial charge on any atom is -0.0155 e. The minimum atomic E-state index is 1.26. The van der Waals surface area contributed by atoms with Gasteiger partial charge in [0.1, 0.15) is 0 Å². The Morgan fingerprint density at radius 1 is 0.115 bits per heavy atom. The first-order chi connectivity index (χ1) is 47.1. The van der Waals surface area contributed by atoms with Gasteiger partial charge in [0.05, 0.1) is 0 Å². The number of aryl methyl sites for hydroxylation is 6. The van der Waals surface area contributed by atoms with Crippen LogP contribution >= 0.6 is 0 Å². The van der Waals surface area contributed by atoms with Gasteiger partial charge in [-0.15, -0.1) is 0 Å². The van der Waals surface area contributed by atoms with Crippen LogP contribution in [0.5, 0.6) is 0 Å². The molecule has 15 aromatic carbocycles. The van der Waals surface area contributed by atoms with Crippen molar-refractivity contribution in [1.82, 2.24) is 0 Å². The number of hydrogen-bond donors (Lipinski definition) is 0. The standard InChI is InChI=1S/3C19H16.3C13H12/c1-15-7-5-6-10-19(15)18-13-11-17(12-14-18)16-8-3-2-4-9-16;1-15-6-5-9-19(14-15)18-12-10-17(11-13-18)16-7-3-2-4-8-16;1-15-7-9-17(10-8-15)19-13-11-18(12-14-19)16-5-3-2-4-6-16;2*1-11-6-5-9-13(10-11)12-7-3-2-4-8-12;1-11-7-9-13(10-8-11)12-5-3-2-4-6-12/h3*2-14H,1H3;3*2-10H,1H3. The summed E-state index contributed by atoms with van der Waals surface area (Å²) >= 11 is 0. The van der Waals surface area contributed by atoms with E-state index >= 15 is 0 Å². The highest BCUT2D eigenvalue weighted by Gasteiger charge is 2.05. The molecule has 0 aliphatic rings. The fraction of sp³-hybridized carbons (Fsp3) is 0.0625. The molecule has 0 bridgehead atoms. The van der Waals surface area contributed by atoms with Crippen molar-refractivity contribution in [2.75, 3.05) is 0 Å². The molecule has 0 aromatic heterocycles. The molecule has 0 radical (unpaired) electrons. The Balaban J connectivity index is 0.000000126. The Morgan fingerprint density at radius 2 is 0.292 bits per heavy atom. The summed E-state index contributed by atoms with van der Waals surface area (Å²) in [7, 11) is 0. The molecular formula is C96H84. The molecular weight excluding hydrogens is 1150 g/mol. The first-order valence-electron chi connectivity index (χ1n) is 33.1. The first kappa shape index (κ1) is 67.2. The van der Waals surface area contributed by atoms with E-state index in [1.165, 1.54) is 134 Å². The van der Waals surface area contributed by atoms with E-state index in [9.17, 15) is 0 Å². The van der Waals surface area contributed by atoms with Crippen LogP contribution in [-0.2, 0) is 0 Å². The number of rotatable bonds is 9. The predicted octanol–water partition coefficient (Wildman–Crippen LogP) is 27.0. The van der Waals surface area contributed by atoms with Gasteiger partial charge in [0, 0.05) is 0 Å². The van der Waals surface area contributed by atoms with Crippen molar-refractivity contribution in [3.05, 3.63) is 434 Å². The molecule has 0 amide bonds. The first-order valence-corrected chi connectivity index (χ1v) is 33.1. The molecule has 15 aromatic rings. The van der Waals surface area contributed by atoms with E-state index in [-0.39, 0.29) is 0 Å². The van der Waals surface area contributed by atoms with E-state index in [1.807, 2.05) is 36.4 Å². The van der Waals surface area contributed by atoms with E-state index in [0.29, 0.717) is 0 Å². The zero-order chi connectivity index (χ0) is 66.5. The van der Waals surface area contributed by atoms with Crippen molar-refractivity contribution < 1.29 is 0 Å². The van der Waals surface area contributed by atoms with Gasteiger partial charge in [0.15, 0.2) is 0 Å². The van der Waals surface area contributed by atoms with E-state index in [4.69, 9.17) is 0 Å². The molecule has 0 spiro atoms. The van der Waals surface area contributed by atoms with Crippen LogP contribution in [0.2, 0.25) is 0 Å². The molecule has 15 rings (SSSR count). The molecule has 0 N–H and O–H groups in total. The lowest BCUT2D eigenvalue weighted by molar-refractivity contribution is 1.46. The van der Waals surface area contributed by atoms with Gasteiger partial charge in [0.25, 0.3) is 0 Å². The van der Waals surface area contributed by atoms with Crippen molar-refractivity contribution in [2.45, 2.75) is 41.5 Å². The van der Waals surface area contributed by atoms with Gasteiger partial charge in [-0.05, 0) is 147 Å². The molecule has 468 valence electrons. The van der Waals surface area contributed by atoms with E-state index < -0.39 is 0 Å². The zero-order valence-corrected chi connectivity index (χ0v) is 56.1. The molecule has 0 aliphatic carbocycles. The van der Waals surface area contributed by atoms with Gasteiger partial charge < -0.3 is 0 Å². The van der Waals surface area contributed by atoms with E-state index in [2.05, 4.69) is 406 Å². The molecule has 0 unspecified atom stereocenters. The summed E-state index contributed by atoms with van der Waals surface area (Å²) in [6.45, 7) is 12.7. The highest BCUT2D eigenvalue weighted by atomic mass is 14.1. The van der Waals surface area contributed by atoms with Gasteiger partial charge in [-0.2, -0.15) is 0 Å². The van der Waals surface area contributed by atoms with Crippen molar-refractivity contribution in [3.63, 3.8) is 0 Å². The molecule has 0 fully saturated rings. The van der Waals surface area contributed by atoms with Crippen LogP contribution < -0.4 is 0 Å². The third kappa shape index (κ3) is 20.4. The number of benzene rings is 15. The zero-order valence-electron chi connectivity index (χ0n) is 56.1. The number of hydrogen-bond acceptors (Lipinski definition) is 0. The fourth-order valence-corrected chi connectivity index (χ4v) is 11.2. The second-order valence-corrected chi connectivity index (χ2v) is 24.1. The SMILES string of the molecule is Cc1ccc(-c2ccc(-c3ccccc3)cc2)cc1.Cc1ccc(-c2ccccc2)cc1.Cc1cccc(-c2ccc(-c3ccccc3)cc2)c1.Cc1cccc(-c2ccccc2)c1.Cc1cccc(-c2ccccc2)c1.Cc1ccccc1-c1ccc(-c2ccccc2)cc1. The highest BCUT2D eigenvalue weighted by Crippen LogP contribution is 2.30. The smallest absolute Gasteiger partial charge is 0.0155 e. The Kier molecular flexibility index (Phi) is 24.8. The average molecular weight is 1240 g/mol. The third-order valence-electron chi connectivity index (χ3n) is 16.6. The predicted molar refractivity (Wildman–Crippen MR) is 416 cm³/mol. The van der Waals surface area contributed by atoms with Gasteiger partial charge >= 0.3 is 0 Å². The minimum Gasteiger partial charge on any atom is -0.0622 e. The minimum absolute atomic E-state index is 1.26. The highest BCUT2D eigenvalue weighted by molar-refractivity contribution is 5.75. The van der Waals surface area contributed by atoms with Crippen molar-refractivity contribution >= 4 is 0 Å².